The topological polar surface area (TPSA) is 205 Å². The third-order valence-electron chi connectivity index (χ3n) is 10.3. The summed E-state index contributed by atoms with van der Waals surface area (Å²) in [5.41, 5.74) is 0.837. The monoisotopic (exact) mass is 600 g/mol. The minimum absolute atomic E-state index is 0.0158. The number of aromatic hydroxyl groups is 1. The summed E-state index contributed by atoms with van der Waals surface area (Å²) in [6.45, 7) is 3.66. The molecule has 43 heavy (non-hydrogen) atoms. The average molecular weight is 601 g/mol. The van der Waals surface area contributed by atoms with Gasteiger partial charge in [0.2, 0.25) is 5.91 Å². The van der Waals surface area contributed by atoms with Crippen molar-refractivity contribution in [2.45, 2.75) is 93.3 Å². The first kappa shape index (κ1) is 29.5. The summed E-state index contributed by atoms with van der Waals surface area (Å²) in [4.78, 5) is 49.5. The number of piperidine rings is 1. The smallest absolute Gasteiger partial charge is 0.335 e. The number of phenolic OH excluding ortho intramolecular Hbond substituents is 1. The number of hydrogen-bond donors (Lipinski definition) is 6. The second-order valence-corrected chi connectivity index (χ2v) is 12.5. The van der Waals surface area contributed by atoms with Crippen LogP contribution in [0.1, 0.15) is 56.6 Å². The van der Waals surface area contributed by atoms with Gasteiger partial charge in [0.15, 0.2) is 23.7 Å². The Bertz CT molecular complexity index is 1400. The minimum Gasteiger partial charge on any atom is -0.504 e. The number of ether oxygens (including phenoxy) is 1. The van der Waals surface area contributed by atoms with Gasteiger partial charge in [-0.15, -0.1) is 0 Å². The second kappa shape index (κ2) is 10.3. The van der Waals surface area contributed by atoms with Crippen LogP contribution in [0.15, 0.2) is 23.8 Å². The summed E-state index contributed by atoms with van der Waals surface area (Å²) in [5.74, 6) is -2.72. The molecule has 1 aromatic carbocycles. The van der Waals surface area contributed by atoms with E-state index in [1.807, 2.05) is 6.07 Å². The van der Waals surface area contributed by atoms with Gasteiger partial charge in [-0.25, -0.2) is 9.59 Å². The molecule has 2 unspecified atom stereocenters. The third-order valence-corrected chi connectivity index (χ3v) is 10.3. The lowest BCUT2D eigenvalue weighted by atomic mass is 9.48. The van der Waals surface area contributed by atoms with Gasteiger partial charge < -0.3 is 35.4 Å². The summed E-state index contributed by atoms with van der Waals surface area (Å²) in [6, 6.07) is 3.20. The Hall–Kier alpha value is -3.52. The van der Waals surface area contributed by atoms with Crippen molar-refractivity contribution < 1.29 is 54.6 Å². The number of amides is 2. The zero-order chi connectivity index (χ0) is 31.0. The number of rotatable bonds is 6. The number of aliphatic hydroxyl groups is 3. The summed E-state index contributed by atoms with van der Waals surface area (Å²) in [7, 11) is 0. The summed E-state index contributed by atoms with van der Waals surface area (Å²) < 4.78 is 6.50. The quantitative estimate of drug-likeness (QED) is 0.187. The van der Waals surface area contributed by atoms with Crippen molar-refractivity contribution in [1.82, 2.24) is 9.80 Å². The van der Waals surface area contributed by atoms with Gasteiger partial charge in [0.1, 0.15) is 6.10 Å². The maximum Gasteiger partial charge on any atom is 0.335 e. The number of benzene rings is 1. The van der Waals surface area contributed by atoms with Crippen LogP contribution in [0.4, 0.5) is 0 Å². The van der Waals surface area contributed by atoms with Crippen LogP contribution in [-0.4, -0.2) is 113 Å². The average Bonchev–Trinajstić information content (AvgIpc) is 3.64. The lowest BCUT2D eigenvalue weighted by Crippen LogP contribution is -2.78. The maximum atomic E-state index is 13.1. The van der Waals surface area contributed by atoms with Gasteiger partial charge in [-0.05, 0) is 69.5 Å². The Kier molecular flexibility index (Phi) is 7.07. The van der Waals surface area contributed by atoms with Crippen molar-refractivity contribution in [2.75, 3.05) is 13.1 Å². The van der Waals surface area contributed by atoms with Crippen LogP contribution in [0.25, 0.3) is 0 Å². The molecule has 3 aliphatic carbocycles. The highest BCUT2D eigenvalue weighted by Crippen LogP contribution is 2.66. The predicted octanol–water partition coefficient (Wildman–Crippen LogP) is -0.0925. The molecule has 2 saturated carbocycles. The molecule has 2 amide bonds. The van der Waals surface area contributed by atoms with Gasteiger partial charge in [0, 0.05) is 23.7 Å². The molecular weight excluding hydrogens is 564 g/mol. The molecule has 4 fully saturated rings. The van der Waals surface area contributed by atoms with E-state index in [1.54, 1.807) is 19.1 Å². The zero-order valence-electron chi connectivity index (χ0n) is 23.7. The normalized spacial score (nSPS) is 34.7. The van der Waals surface area contributed by atoms with E-state index in [-0.39, 0.29) is 30.0 Å². The molecule has 1 aromatic rings. The first-order valence-corrected chi connectivity index (χ1v) is 14.7. The molecule has 3 aliphatic heterocycles. The molecule has 7 rings (SSSR count). The lowest BCUT2D eigenvalue weighted by molar-refractivity contribution is -0.201. The van der Waals surface area contributed by atoms with Gasteiger partial charge in [-0.3, -0.25) is 19.4 Å². The minimum atomic E-state index is -2.27. The fourth-order valence-electron chi connectivity index (χ4n) is 8.14. The molecule has 13 nitrogen and oxygen atoms in total. The fourth-order valence-corrected chi connectivity index (χ4v) is 8.14. The number of carboxylic acid groups (broad SMARTS) is 2. The molecule has 3 heterocycles. The van der Waals surface area contributed by atoms with Gasteiger partial charge in [0.05, 0.1) is 23.5 Å². The van der Waals surface area contributed by atoms with Crippen LogP contribution in [0.5, 0.6) is 11.5 Å². The number of carbonyl (C=O) groups excluding carboxylic acids is 2. The van der Waals surface area contributed by atoms with Gasteiger partial charge >= 0.3 is 11.9 Å². The Morgan fingerprint density at radius 1 is 1.09 bits per heavy atom. The van der Waals surface area contributed by atoms with E-state index < -0.39 is 47.3 Å². The van der Waals surface area contributed by atoms with E-state index >= 15 is 0 Å². The first-order valence-electron chi connectivity index (χ1n) is 14.7. The summed E-state index contributed by atoms with van der Waals surface area (Å²) >= 11 is 0. The van der Waals surface area contributed by atoms with Crippen LogP contribution in [0, 0.1) is 5.92 Å². The van der Waals surface area contributed by atoms with Crippen molar-refractivity contribution in [3.63, 3.8) is 0 Å². The van der Waals surface area contributed by atoms with Crippen molar-refractivity contribution in [3.05, 3.63) is 34.9 Å². The second-order valence-electron chi connectivity index (χ2n) is 12.5. The largest absolute Gasteiger partial charge is 0.504 e. The number of nitrogens with zero attached hydrogens (tertiary/aromatic N) is 2. The molecule has 1 spiro atoms. The van der Waals surface area contributed by atoms with Crippen LogP contribution in [0.2, 0.25) is 0 Å². The molecule has 13 heteroatoms. The predicted molar refractivity (Wildman–Crippen MR) is 146 cm³/mol. The summed E-state index contributed by atoms with van der Waals surface area (Å²) in [5, 5.41) is 55.8. The van der Waals surface area contributed by atoms with Crippen LogP contribution in [0.3, 0.4) is 0 Å². The molecule has 0 aromatic heterocycles. The van der Waals surface area contributed by atoms with E-state index in [0.717, 1.165) is 36.6 Å². The molecule has 232 valence electrons. The van der Waals surface area contributed by atoms with Gasteiger partial charge in [-0.2, -0.15) is 0 Å². The Labute approximate surface area is 247 Å². The highest BCUT2D eigenvalue weighted by atomic mass is 16.5. The standard InChI is InChI=1S/C26H30N2O5.C4H6O6/c1-2-15-12-20(30)28(24(15)31)17-7-8-26(32)19-11-16-5-6-18(29)22-21(16)25(26,23(17)33-22)9-10-27(19)13-14-3-4-14;5-1(3(7)8)2(6)4(9)10/h2,5-6,14,17,19,23,29,32H,3-4,7-13H2,1H3;1-2,5-6H,(H,7,8)(H,9,10)/t17-,19-,23+,25+,26-;/m1./s1. The van der Waals surface area contributed by atoms with Crippen LogP contribution < -0.4 is 4.74 Å². The Balaban J connectivity index is 0.000000286. The van der Waals surface area contributed by atoms with E-state index in [0.29, 0.717) is 30.6 Å². The SMILES string of the molecule is CC=C1CC(=O)N([C@@H]2CC[C@@]3(O)[C@H]4Cc5ccc(O)c6c5[C@@]3(CCN4CC3CC3)[C@H]2O6)C1=O.O=C(O)C(O)C(O)C(=O)O. The van der Waals surface area contributed by atoms with E-state index in [1.165, 1.54) is 17.7 Å². The molecule has 2 saturated heterocycles. The first-order chi connectivity index (χ1) is 20.4. The summed E-state index contributed by atoms with van der Waals surface area (Å²) in [6.07, 6.45) is 1.75. The van der Waals surface area contributed by atoms with Crippen molar-refractivity contribution in [3.8, 4) is 11.5 Å². The van der Waals surface area contributed by atoms with Crippen molar-refractivity contribution in [1.29, 1.82) is 0 Å². The highest BCUT2D eigenvalue weighted by molar-refractivity contribution is 6.13. The third kappa shape index (κ3) is 4.27. The van der Waals surface area contributed by atoms with Crippen molar-refractivity contribution in [2.24, 2.45) is 5.92 Å². The zero-order valence-corrected chi connectivity index (χ0v) is 23.7. The molecule has 6 N–H and O–H groups in total. The van der Waals surface area contributed by atoms with E-state index in [9.17, 15) is 29.4 Å². The number of carbonyl (C=O) groups is 4. The number of imide groups is 1. The van der Waals surface area contributed by atoms with E-state index in [4.69, 9.17) is 25.2 Å². The van der Waals surface area contributed by atoms with Gasteiger partial charge in [-0.1, -0.05) is 12.1 Å². The molecular formula is C30H36N2O11. The van der Waals surface area contributed by atoms with E-state index in [2.05, 4.69) is 4.90 Å². The highest BCUT2D eigenvalue weighted by Gasteiger charge is 2.74. The van der Waals surface area contributed by atoms with Crippen LogP contribution in [-0.2, 0) is 31.0 Å². The molecule has 2 bridgehead atoms. The molecule has 7 atom stereocenters. The number of aliphatic hydroxyl groups excluding tert-OH is 2. The Morgan fingerprint density at radius 2 is 1.77 bits per heavy atom. The number of phenols is 1. The van der Waals surface area contributed by atoms with Gasteiger partial charge in [0.25, 0.3) is 5.91 Å². The number of hydrogen-bond acceptors (Lipinski definition) is 10. The number of carboxylic acids is 2. The maximum absolute atomic E-state index is 13.1. The fraction of sp³-hybridized carbons (Fsp3) is 0.600. The van der Waals surface area contributed by atoms with Crippen LogP contribution >= 0.6 is 0 Å². The number of aliphatic carboxylic acids is 2. The molecule has 6 aliphatic rings. The number of allylic oxidation sites excluding steroid dienone is 1. The number of likely N-dealkylation sites (tertiary alicyclic amines) is 2. The Morgan fingerprint density at radius 3 is 2.35 bits per heavy atom. The molecule has 0 radical (unpaired) electrons. The van der Waals surface area contributed by atoms with Crippen molar-refractivity contribution >= 4 is 23.8 Å². The lowest BCUT2D eigenvalue weighted by Gasteiger charge is -2.64.